The Labute approximate surface area is 127 Å². The number of ether oxygens (including phenoxy) is 1. The van der Waals surface area contributed by atoms with Crippen molar-refractivity contribution >= 4 is 12.0 Å². The molecule has 1 rings (SSSR count). The van der Waals surface area contributed by atoms with E-state index in [9.17, 15) is 4.79 Å². The summed E-state index contributed by atoms with van der Waals surface area (Å²) in [5.41, 5.74) is 1.49. The molecule has 3 heteroatoms. The first kappa shape index (κ1) is 17.0. The summed E-state index contributed by atoms with van der Waals surface area (Å²) in [4.78, 5) is 11.5. The van der Waals surface area contributed by atoms with Crippen LogP contribution in [0.3, 0.4) is 0 Å². The van der Waals surface area contributed by atoms with Crippen LogP contribution in [0.25, 0.3) is 6.08 Å². The highest BCUT2D eigenvalue weighted by Gasteiger charge is 1.97. The minimum Gasteiger partial charge on any atom is -0.463 e. The van der Waals surface area contributed by atoms with E-state index in [1.165, 1.54) is 31.8 Å². The minimum absolute atomic E-state index is 0.312. The van der Waals surface area contributed by atoms with Crippen LogP contribution in [0.4, 0.5) is 0 Å². The second-order valence-electron chi connectivity index (χ2n) is 5.00. The Bertz CT molecular complexity index is 483. The molecule has 0 bridgehead atoms. The van der Waals surface area contributed by atoms with Crippen molar-refractivity contribution in [2.45, 2.75) is 45.4 Å². The van der Waals surface area contributed by atoms with Gasteiger partial charge in [0.25, 0.3) is 0 Å². The zero-order chi connectivity index (χ0) is 15.3. The van der Waals surface area contributed by atoms with Crippen LogP contribution in [0.2, 0.25) is 0 Å². The predicted octanol–water partition coefficient (Wildman–Crippen LogP) is 4.48. The average Bonchev–Trinajstić information content (AvgIpc) is 2.52. The number of carbonyl (C=O) groups is 1. The van der Waals surface area contributed by atoms with E-state index in [0.29, 0.717) is 12.2 Å². The lowest BCUT2D eigenvalue weighted by Gasteiger charge is -2.02. The first-order valence-electron chi connectivity index (χ1n) is 7.61. The van der Waals surface area contributed by atoms with E-state index in [1.807, 2.05) is 0 Å². The Hall–Kier alpha value is -2.08. The fourth-order valence-electron chi connectivity index (χ4n) is 1.94. The number of unbranched alkanes of at least 4 members (excludes halogenated alkanes) is 5. The van der Waals surface area contributed by atoms with Crippen molar-refractivity contribution in [2.75, 3.05) is 6.61 Å². The summed E-state index contributed by atoms with van der Waals surface area (Å²) in [5, 5.41) is 8.69. The van der Waals surface area contributed by atoms with Crippen LogP contribution in [0.15, 0.2) is 30.3 Å². The second kappa shape index (κ2) is 10.7. The van der Waals surface area contributed by atoms with Crippen molar-refractivity contribution in [1.82, 2.24) is 0 Å². The lowest BCUT2D eigenvalue weighted by atomic mass is 10.1. The SMILES string of the molecule is CCCCCCCCOC(=O)C=Cc1ccc(C#N)cc1. The van der Waals surface area contributed by atoms with E-state index in [-0.39, 0.29) is 5.97 Å². The Morgan fingerprint density at radius 2 is 1.81 bits per heavy atom. The molecule has 0 fully saturated rings. The largest absolute Gasteiger partial charge is 0.463 e. The fourth-order valence-corrected chi connectivity index (χ4v) is 1.94. The van der Waals surface area contributed by atoms with Crippen molar-refractivity contribution in [2.24, 2.45) is 0 Å². The number of hydrogen-bond acceptors (Lipinski definition) is 3. The molecule has 0 saturated carbocycles. The van der Waals surface area contributed by atoms with Crippen molar-refractivity contribution in [3.63, 3.8) is 0 Å². The van der Waals surface area contributed by atoms with E-state index < -0.39 is 0 Å². The molecule has 0 aliphatic heterocycles. The molecule has 0 spiro atoms. The summed E-state index contributed by atoms with van der Waals surface area (Å²) in [7, 11) is 0. The molecule has 0 amide bonds. The van der Waals surface area contributed by atoms with E-state index >= 15 is 0 Å². The summed E-state index contributed by atoms with van der Waals surface area (Å²) in [6.07, 6.45) is 10.2. The molecule has 0 unspecified atom stereocenters. The number of rotatable bonds is 9. The van der Waals surface area contributed by atoms with Gasteiger partial charge >= 0.3 is 5.97 Å². The molecule has 0 heterocycles. The highest BCUT2D eigenvalue weighted by Crippen LogP contribution is 2.06. The number of benzene rings is 1. The van der Waals surface area contributed by atoms with Gasteiger partial charge in [0.15, 0.2) is 0 Å². The highest BCUT2D eigenvalue weighted by atomic mass is 16.5. The van der Waals surface area contributed by atoms with Crippen molar-refractivity contribution in [1.29, 1.82) is 5.26 Å². The van der Waals surface area contributed by atoms with Gasteiger partial charge in [0.05, 0.1) is 18.2 Å². The Morgan fingerprint density at radius 1 is 1.14 bits per heavy atom. The van der Waals surface area contributed by atoms with Gasteiger partial charge in [0.1, 0.15) is 0 Å². The van der Waals surface area contributed by atoms with Crippen molar-refractivity contribution in [3.8, 4) is 6.07 Å². The third kappa shape index (κ3) is 7.94. The van der Waals surface area contributed by atoms with E-state index in [4.69, 9.17) is 10.00 Å². The van der Waals surface area contributed by atoms with E-state index in [1.54, 1.807) is 30.3 Å². The summed E-state index contributed by atoms with van der Waals surface area (Å²) < 4.78 is 5.14. The predicted molar refractivity (Wildman–Crippen MR) is 84.5 cm³/mol. The number of nitrogens with zero attached hydrogens (tertiary/aromatic N) is 1. The van der Waals surface area contributed by atoms with Crippen molar-refractivity contribution in [3.05, 3.63) is 41.5 Å². The molecular formula is C18H23NO2. The molecule has 0 aromatic heterocycles. The molecule has 1 aromatic rings. The minimum atomic E-state index is -0.312. The van der Waals surface area contributed by atoms with E-state index in [2.05, 4.69) is 13.0 Å². The van der Waals surface area contributed by atoms with Gasteiger partial charge in [-0.05, 0) is 30.2 Å². The lowest BCUT2D eigenvalue weighted by Crippen LogP contribution is -2.02. The molecule has 0 N–H and O–H groups in total. The van der Waals surface area contributed by atoms with Gasteiger partial charge in [-0.2, -0.15) is 5.26 Å². The van der Waals surface area contributed by atoms with Gasteiger partial charge < -0.3 is 4.74 Å². The molecule has 0 radical (unpaired) electrons. The number of nitriles is 1. The number of esters is 1. The van der Waals surface area contributed by atoms with Crippen molar-refractivity contribution < 1.29 is 9.53 Å². The quantitative estimate of drug-likeness (QED) is 0.382. The summed E-state index contributed by atoms with van der Waals surface area (Å²) in [6, 6.07) is 9.11. The number of carbonyl (C=O) groups excluding carboxylic acids is 1. The maximum absolute atomic E-state index is 11.5. The third-order valence-electron chi connectivity index (χ3n) is 3.19. The second-order valence-corrected chi connectivity index (χ2v) is 5.00. The first-order valence-corrected chi connectivity index (χ1v) is 7.61. The van der Waals surface area contributed by atoms with Crippen LogP contribution >= 0.6 is 0 Å². The smallest absolute Gasteiger partial charge is 0.330 e. The van der Waals surface area contributed by atoms with Crippen LogP contribution < -0.4 is 0 Å². The molecule has 0 aliphatic rings. The topological polar surface area (TPSA) is 50.1 Å². The van der Waals surface area contributed by atoms with Crippen LogP contribution in [0.5, 0.6) is 0 Å². The van der Waals surface area contributed by atoms with Crippen LogP contribution in [0, 0.1) is 11.3 Å². The van der Waals surface area contributed by atoms with Gasteiger partial charge in [0, 0.05) is 6.08 Å². The fraction of sp³-hybridized carbons (Fsp3) is 0.444. The Morgan fingerprint density at radius 3 is 2.48 bits per heavy atom. The highest BCUT2D eigenvalue weighted by molar-refractivity contribution is 5.87. The van der Waals surface area contributed by atoms with Crippen LogP contribution in [-0.4, -0.2) is 12.6 Å². The Kier molecular flexibility index (Phi) is 8.63. The van der Waals surface area contributed by atoms with Gasteiger partial charge in [0.2, 0.25) is 0 Å². The summed E-state index contributed by atoms with van der Waals surface area (Å²) in [5.74, 6) is -0.312. The molecule has 112 valence electrons. The Balaban J connectivity index is 2.18. The average molecular weight is 285 g/mol. The van der Waals surface area contributed by atoms with Crippen LogP contribution in [-0.2, 0) is 9.53 Å². The van der Waals surface area contributed by atoms with Gasteiger partial charge in [-0.1, -0.05) is 51.2 Å². The van der Waals surface area contributed by atoms with Gasteiger partial charge in [-0.25, -0.2) is 4.79 Å². The lowest BCUT2D eigenvalue weighted by molar-refractivity contribution is -0.137. The monoisotopic (exact) mass is 285 g/mol. The summed E-state index contributed by atoms with van der Waals surface area (Å²) in [6.45, 7) is 2.69. The zero-order valence-corrected chi connectivity index (χ0v) is 12.7. The first-order chi connectivity index (χ1) is 10.3. The molecule has 0 aliphatic carbocycles. The molecule has 1 aromatic carbocycles. The molecule has 0 atom stereocenters. The normalized spacial score (nSPS) is 10.5. The number of hydrogen-bond donors (Lipinski definition) is 0. The maximum Gasteiger partial charge on any atom is 0.330 e. The van der Waals surface area contributed by atoms with Gasteiger partial charge in [-0.15, -0.1) is 0 Å². The van der Waals surface area contributed by atoms with Gasteiger partial charge in [-0.3, -0.25) is 0 Å². The van der Waals surface area contributed by atoms with E-state index in [0.717, 1.165) is 18.4 Å². The zero-order valence-electron chi connectivity index (χ0n) is 12.7. The molecular weight excluding hydrogens is 262 g/mol. The molecule has 21 heavy (non-hydrogen) atoms. The molecule has 3 nitrogen and oxygen atoms in total. The third-order valence-corrected chi connectivity index (χ3v) is 3.19. The molecule has 0 saturated heterocycles. The maximum atomic E-state index is 11.5. The van der Waals surface area contributed by atoms with Crippen LogP contribution in [0.1, 0.15) is 56.6 Å². The standard InChI is InChI=1S/C18H23NO2/c1-2-3-4-5-6-7-14-21-18(20)13-12-16-8-10-17(15-19)11-9-16/h8-13H,2-7,14H2,1H3. The summed E-state index contributed by atoms with van der Waals surface area (Å²) >= 11 is 0.